The van der Waals surface area contributed by atoms with Gasteiger partial charge in [0.1, 0.15) is 11.5 Å². The van der Waals surface area contributed by atoms with Gasteiger partial charge in [0, 0.05) is 61.4 Å². The number of imidazole rings is 1. The molecule has 0 bridgehead atoms. The van der Waals surface area contributed by atoms with E-state index >= 15 is 0 Å². The fraction of sp³-hybridized carbons (Fsp3) is 0.346. The molecule has 8 heteroatoms. The first-order chi connectivity index (χ1) is 16.5. The highest BCUT2D eigenvalue weighted by Crippen LogP contribution is 2.25. The maximum absolute atomic E-state index is 13.1. The molecule has 174 valence electrons. The van der Waals surface area contributed by atoms with Crippen molar-refractivity contribution in [2.45, 2.75) is 19.4 Å². The molecule has 0 atom stereocenters. The van der Waals surface area contributed by atoms with Crippen LogP contribution in [-0.4, -0.2) is 70.9 Å². The van der Waals surface area contributed by atoms with Crippen molar-refractivity contribution in [3.05, 3.63) is 59.5 Å². The molecule has 0 radical (unpaired) electrons. The molecule has 6 rings (SSSR count). The lowest BCUT2D eigenvalue weighted by Gasteiger charge is -2.34. The van der Waals surface area contributed by atoms with E-state index in [1.165, 1.54) is 5.69 Å². The molecule has 0 aliphatic carbocycles. The second-order valence-electron chi connectivity index (χ2n) is 9.34. The third-order valence-corrected chi connectivity index (χ3v) is 7.01. The van der Waals surface area contributed by atoms with E-state index < -0.39 is 0 Å². The van der Waals surface area contributed by atoms with Crippen molar-refractivity contribution in [3.63, 3.8) is 0 Å². The van der Waals surface area contributed by atoms with Gasteiger partial charge in [-0.2, -0.15) is 0 Å². The summed E-state index contributed by atoms with van der Waals surface area (Å²) in [5.41, 5.74) is 5.24. The number of hydrogen-bond acceptors (Lipinski definition) is 5. The summed E-state index contributed by atoms with van der Waals surface area (Å²) in [5, 5.41) is 3.90. The van der Waals surface area contributed by atoms with Crippen LogP contribution >= 0.6 is 0 Å². The Kier molecular flexibility index (Phi) is 5.10. The van der Waals surface area contributed by atoms with Gasteiger partial charge in [0.2, 0.25) is 0 Å². The number of aromatic nitrogens is 3. The third-order valence-electron chi connectivity index (χ3n) is 7.01. The van der Waals surface area contributed by atoms with Gasteiger partial charge in [0.05, 0.1) is 17.5 Å². The highest BCUT2D eigenvalue weighted by Gasteiger charge is 2.20. The minimum Gasteiger partial charge on any atom is -0.369 e. The van der Waals surface area contributed by atoms with E-state index in [0.717, 1.165) is 61.1 Å². The molecule has 0 saturated carbocycles. The molecule has 2 aliphatic heterocycles. The molecule has 1 fully saturated rings. The molecule has 8 nitrogen and oxygen atoms in total. The molecule has 2 N–H and O–H groups in total. The SMILES string of the molecule is CN1CCN(c2ccc3nc(CC(=O)c4ccc5cc6n(c5c4)CCCNC6=O)[nH]c3c2)CC1. The predicted molar refractivity (Wildman–Crippen MR) is 133 cm³/mol. The average molecular weight is 457 g/mol. The number of likely N-dealkylation sites (N-methyl/N-ethyl adjacent to an activating group) is 1. The Hall–Kier alpha value is -3.65. The van der Waals surface area contributed by atoms with Crippen LogP contribution in [0.15, 0.2) is 42.5 Å². The number of piperazine rings is 1. The number of hydrogen-bond donors (Lipinski definition) is 2. The predicted octanol–water partition coefficient (Wildman–Crippen LogP) is 2.83. The van der Waals surface area contributed by atoms with Gasteiger partial charge in [0.25, 0.3) is 5.91 Å². The fourth-order valence-electron chi connectivity index (χ4n) is 5.04. The second-order valence-corrected chi connectivity index (χ2v) is 9.34. The Balaban J connectivity index is 1.24. The zero-order valence-corrected chi connectivity index (χ0v) is 19.3. The standard InChI is InChI=1S/C26H28N6O2/c1-30-9-11-31(12-10-30)19-5-6-20-21(15-19)29-25(28-20)16-24(33)18-4-3-17-13-23-26(34)27-7-2-8-32(23)22(17)14-18/h3-6,13-15H,2,7-12,16H2,1H3,(H,27,34)(H,28,29). The lowest BCUT2D eigenvalue weighted by atomic mass is 10.1. The van der Waals surface area contributed by atoms with Crippen LogP contribution in [-0.2, 0) is 13.0 Å². The van der Waals surface area contributed by atoms with Gasteiger partial charge < -0.3 is 24.7 Å². The quantitative estimate of drug-likeness (QED) is 0.461. The fourth-order valence-corrected chi connectivity index (χ4v) is 5.04. The number of ketones is 1. The van der Waals surface area contributed by atoms with E-state index in [1.54, 1.807) is 0 Å². The zero-order chi connectivity index (χ0) is 23.2. The summed E-state index contributed by atoms with van der Waals surface area (Å²) >= 11 is 0. The molecule has 34 heavy (non-hydrogen) atoms. The number of fused-ring (bicyclic) bond motifs is 4. The maximum Gasteiger partial charge on any atom is 0.267 e. The Morgan fingerprint density at radius 3 is 2.74 bits per heavy atom. The van der Waals surface area contributed by atoms with Gasteiger partial charge in [-0.25, -0.2) is 4.98 Å². The monoisotopic (exact) mass is 456 g/mol. The van der Waals surface area contributed by atoms with Gasteiger partial charge >= 0.3 is 0 Å². The van der Waals surface area contributed by atoms with Crippen molar-refractivity contribution in [1.82, 2.24) is 24.8 Å². The number of carbonyl (C=O) groups is 2. The molecular formula is C26H28N6O2. The summed E-state index contributed by atoms with van der Waals surface area (Å²) in [6.07, 6.45) is 1.08. The van der Waals surface area contributed by atoms with Crippen molar-refractivity contribution >= 4 is 39.3 Å². The van der Waals surface area contributed by atoms with Crippen molar-refractivity contribution in [3.8, 4) is 0 Å². The van der Waals surface area contributed by atoms with Crippen LogP contribution < -0.4 is 10.2 Å². The van der Waals surface area contributed by atoms with Gasteiger partial charge in [-0.05, 0) is 43.8 Å². The number of anilines is 1. The van der Waals surface area contributed by atoms with Crippen LogP contribution in [0.3, 0.4) is 0 Å². The Morgan fingerprint density at radius 2 is 1.88 bits per heavy atom. The number of H-pyrrole nitrogens is 1. The number of aryl methyl sites for hydroxylation is 1. The lowest BCUT2D eigenvalue weighted by molar-refractivity contribution is 0.0950. The largest absolute Gasteiger partial charge is 0.369 e. The molecule has 1 amide bonds. The summed E-state index contributed by atoms with van der Waals surface area (Å²) in [7, 11) is 2.15. The molecule has 2 aliphatic rings. The highest BCUT2D eigenvalue weighted by molar-refractivity contribution is 6.03. The van der Waals surface area contributed by atoms with Gasteiger partial charge in [-0.15, -0.1) is 0 Å². The van der Waals surface area contributed by atoms with Crippen LogP contribution in [0.25, 0.3) is 21.9 Å². The summed E-state index contributed by atoms with van der Waals surface area (Å²) in [4.78, 5) is 38.2. The molecule has 0 spiro atoms. The molecule has 2 aromatic heterocycles. The Bertz CT molecular complexity index is 1410. The van der Waals surface area contributed by atoms with Crippen LogP contribution in [0.1, 0.15) is 33.1 Å². The summed E-state index contributed by atoms with van der Waals surface area (Å²) < 4.78 is 2.02. The Labute approximate surface area is 197 Å². The molecule has 4 heterocycles. The van der Waals surface area contributed by atoms with Crippen LogP contribution in [0.4, 0.5) is 5.69 Å². The van der Waals surface area contributed by atoms with E-state index in [0.29, 0.717) is 23.6 Å². The number of benzene rings is 2. The third kappa shape index (κ3) is 3.74. The first-order valence-corrected chi connectivity index (χ1v) is 11.9. The first-order valence-electron chi connectivity index (χ1n) is 11.9. The second kappa shape index (κ2) is 8.29. The number of aromatic amines is 1. The molecular weight excluding hydrogens is 428 g/mol. The summed E-state index contributed by atoms with van der Waals surface area (Å²) in [6.45, 7) is 5.56. The molecule has 2 aromatic carbocycles. The van der Waals surface area contributed by atoms with Gasteiger partial charge in [-0.1, -0.05) is 12.1 Å². The molecule has 4 aromatic rings. The number of amides is 1. The number of nitrogens with zero attached hydrogens (tertiary/aromatic N) is 4. The van der Waals surface area contributed by atoms with E-state index in [9.17, 15) is 9.59 Å². The smallest absolute Gasteiger partial charge is 0.267 e. The maximum atomic E-state index is 13.1. The summed E-state index contributed by atoms with van der Waals surface area (Å²) in [5.74, 6) is 0.623. The minimum absolute atomic E-state index is 0.00821. The van der Waals surface area contributed by atoms with Crippen molar-refractivity contribution in [2.24, 2.45) is 0 Å². The van der Waals surface area contributed by atoms with E-state index in [4.69, 9.17) is 0 Å². The zero-order valence-electron chi connectivity index (χ0n) is 19.3. The van der Waals surface area contributed by atoms with Crippen LogP contribution in [0, 0.1) is 0 Å². The van der Waals surface area contributed by atoms with Gasteiger partial charge in [-0.3, -0.25) is 9.59 Å². The van der Waals surface area contributed by atoms with Gasteiger partial charge in [0.15, 0.2) is 5.78 Å². The van der Waals surface area contributed by atoms with E-state index in [2.05, 4.69) is 44.3 Å². The minimum atomic E-state index is -0.0557. The number of nitrogens with one attached hydrogen (secondary N) is 2. The van der Waals surface area contributed by atoms with Crippen LogP contribution in [0.2, 0.25) is 0 Å². The topological polar surface area (TPSA) is 86.3 Å². The van der Waals surface area contributed by atoms with Crippen LogP contribution in [0.5, 0.6) is 0 Å². The molecule has 1 saturated heterocycles. The Morgan fingerprint density at radius 1 is 1.03 bits per heavy atom. The van der Waals surface area contributed by atoms with Crippen molar-refractivity contribution < 1.29 is 9.59 Å². The summed E-state index contributed by atoms with van der Waals surface area (Å²) in [6, 6.07) is 13.9. The highest BCUT2D eigenvalue weighted by atomic mass is 16.2. The number of rotatable bonds is 4. The van der Waals surface area contributed by atoms with E-state index in [1.807, 2.05) is 34.9 Å². The van der Waals surface area contributed by atoms with Crippen molar-refractivity contribution in [2.75, 3.05) is 44.7 Å². The normalized spacial score (nSPS) is 17.1. The first kappa shape index (κ1) is 20.9. The van der Waals surface area contributed by atoms with E-state index in [-0.39, 0.29) is 18.1 Å². The molecule has 0 unspecified atom stereocenters. The number of Topliss-reactive ketones (excluding diaryl/α,β-unsaturated/α-hetero) is 1. The number of carbonyl (C=O) groups excluding carboxylic acids is 2. The van der Waals surface area contributed by atoms with Crippen molar-refractivity contribution in [1.29, 1.82) is 0 Å². The average Bonchev–Trinajstić information content (AvgIpc) is 3.36. The lowest BCUT2D eigenvalue weighted by Crippen LogP contribution is -2.44.